The number of benzene rings is 1. The fourth-order valence-electron chi connectivity index (χ4n) is 2.97. The Morgan fingerprint density at radius 2 is 2.03 bits per heavy atom. The third-order valence-corrected chi connectivity index (χ3v) is 4.43. The Balaban J connectivity index is 1.72. The molecule has 0 atom stereocenters. The highest BCUT2D eigenvalue weighted by atomic mass is 16.5. The van der Waals surface area contributed by atoms with E-state index in [0.717, 1.165) is 11.4 Å². The Labute approximate surface area is 174 Å². The number of nitrogen functional groups attached to an aromatic ring is 1. The molecule has 3 rings (SSSR count). The van der Waals surface area contributed by atoms with Crippen LogP contribution < -0.4 is 21.3 Å². The summed E-state index contributed by atoms with van der Waals surface area (Å²) >= 11 is 0. The number of fused-ring (bicyclic) bond motifs is 1. The van der Waals surface area contributed by atoms with Crippen molar-refractivity contribution in [2.24, 2.45) is 4.99 Å². The molecule has 30 heavy (non-hydrogen) atoms. The molecule has 1 aliphatic heterocycles. The first kappa shape index (κ1) is 20.9. The molecule has 2 aromatic rings. The lowest BCUT2D eigenvalue weighted by Crippen LogP contribution is -2.31. The number of methoxy groups -OCH3 is 1. The Morgan fingerprint density at radius 1 is 1.30 bits per heavy atom. The number of nitrogens with two attached hydrogens (primary N) is 1. The van der Waals surface area contributed by atoms with E-state index >= 15 is 0 Å². The van der Waals surface area contributed by atoms with Gasteiger partial charge in [0.2, 0.25) is 0 Å². The van der Waals surface area contributed by atoms with Crippen LogP contribution in [0.5, 0.6) is 0 Å². The van der Waals surface area contributed by atoms with E-state index in [1.165, 1.54) is 7.11 Å². The predicted molar refractivity (Wildman–Crippen MR) is 116 cm³/mol. The van der Waals surface area contributed by atoms with Gasteiger partial charge < -0.3 is 25.4 Å². The second kappa shape index (κ2) is 9.12. The van der Waals surface area contributed by atoms with Gasteiger partial charge in [-0.25, -0.2) is 19.6 Å². The molecule has 0 unspecified atom stereocenters. The van der Waals surface area contributed by atoms with Crippen molar-refractivity contribution >= 4 is 46.5 Å². The average Bonchev–Trinajstić information content (AvgIpc) is 2.74. The van der Waals surface area contributed by atoms with Gasteiger partial charge in [0.1, 0.15) is 11.5 Å². The maximum Gasteiger partial charge on any atom is 0.412 e. The number of ether oxygens (including phenoxy) is 2. The predicted octanol–water partition coefficient (Wildman–Crippen LogP) is 2.65. The molecule has 1 aliphatic rings. The largest absolute Gasteiger partial charge is 0.465 e. The van der Waals surface area contributed by atoms with Crippen LogP contribution in [-0.2, 0) is 9.47 Å². The molecule has 2 heterocycles. The van der Waals surface area contributed by atoms with Crippen LogP contribution in [0.3, 0.4) is 0 Å². The van der Waals surface area contributed by atoms with Crippen molar-refractivity contribution < 1.29 is 19.1 Å². The fraction of sp³-hybridized carbons (Fsp3) is 0.300. The monoisotopic (exact) mass is 412 g/mol. The zero-order valence-electron chi connectivity index (χ0n) is 17.1. The van der Waals surface area contributed by atoms with Gasteiger partial charge in [0.05, 0.1) is 43.8 Å². The SMILES string of the molecule is CCOC(=O)Nc1cc2c(c(N)n1)N=C(CN(C)c1ccc(C(=O)OC)cc1)CN2. The van der Waals surface area contributed by atoms with Gasteiger partial charge in [0, 0.05) is 18.8 Å². The number of carbonyl (C=O) groups is 2. The number of hydrogen-bond donors (Lipinski definition) is 3. The highest BCUT2D eigenvalue weighted by molar-refractivity contribution is 6.00. The van der Waals surface area contributed by atoms with E-state index in [0.29, 0.717) is 35.8 Å². The van der Waals surface area contributed by atoms with Gasteiger partial charge in [-0.2, -0.15) is 0 Å². The van der Waals surface area contributed by atoms with E-state index in [9.17, 15) is 9.59 Å². The van der Waals surface area contributed by atoms with Crippen molar-refractivity contribution in [3.63, 3.8) is 0 Å². The summed E-state index contributed by atoms with van der Waals surface area (Å²) in [5.41, 5.74) is 9.54. The molecule has 0 aliphatic carbocycles. The number of aliphatic imine (C=N–C) groups is 1. The third kappa shape index (κ3) is 4.77. The van der Waals surface area contributed by atoms with Crippen molar-refractivity contribution in [1.82, 2.24) is 4.98 Å². The van der Waals surface area contributed by atoms with Crippen LogP contribution in [0.15, 0.2) is 35.3 Å². The number of aromatic nitrogens is 1. The maximum absolute atomic E-state index is 11.6. The standard InChI is InChI=1S/C20H24N6O4/c1-4-30-20(28)25-16-9-15-17(18(21)24-16)23-13(10-22-15)11-26(2)14-7-5-12(6-8-14)19(27)29-3/h5-9,22H,4,10-11H2,1-3H3,(H3,21,24,25,28). The van der Waals surface area contributed by atoms with Crippen LogP contribution in [0.4, 0.5) is 33.5 Å². The maximum atomic E-state index is 11.6. The number of amides is 1. The molecule has 1 aromatic carbocycles. The number of anilines is 4. The zero-order valence-corrected chi connectivity index (χ0v) is 17.1. The first-order valence-corrected chi connectivity index (χ1v) is 9.35. The van der Waals surface area contributed by atoms with Crippen molar-refractivity contribution in [3.05, 3.63) is 35.9 Å². The molecule has 10 nitrogen and oxygen atoms in total. The average molecular weight is 412 g/mol. The molecular formula is C20H24N6O4. The smallest absolute Gasteiger partial charge is 0.412 e. The molecule has 0 saturated carbocycles. The van der Waals surface area contributed by atoms with Gasteiger partial charge in [-0.3, -0.25) is 5.32 Å². The lowest BCUT2D eigenvalue weighted by molar-refractivity contribution is 0.0600. The lowest BCUT2D eigenvalue weighted by atomic mass is 10.2. The molecule has 0 fully saturated rings. The Morgan fingerprint density at radius 3 is 2.70 bits per heavy atom. The molecule has 0 saturated heterocycles. The Bertz CT molecular complexity index is 974. The summed E-state index contributed by atoms with van der Waals surface area (Å²) in [6.07, 6.45) is -0.593. The third-order valence-electron chi connectivity index (χ3n) is 4.43. The molecule has 158 valence electrons. The van der Waals surface area contributed by atoms with Gasteiger partial charge >= 0.3 is 12.1 Å². The summed E-state index contributed by atoms with van der Waals surface area (Å²) in [5.74, 6) is 0.120. The summed E-state index contributed by atoms with van der Waals surface area (Å²) in [5, 5.41) is 5.79. The van der Waals surface area contributed by atoms with Crippen molar-refractivity contribution in [1.29, 1.82) is 0 Å². The van der Waals surface area contributed by atoms with Gasteiger partial charge in [-0.05, 0) is 31.2 Å². The van der Waals surface area contributed by atoms with Crippen LogP contribution in [0.25, 0.3) is 0 Å². The van der Waals surface area contributed by atoms with Gasteiger partial charge in [0.15, 0.2) is 5.82 Å². The Kier molecular flexibility index (Phi) is 6.35. The van der Waals surface area contributed by atoms with E-state index in [2.05, 4.69) is 20.6 Å². The molecular weight excluding hydrogens is 388 g/mol. The van der Waals surface area contributed by atoms with Crippen LogP contribution in [0.1, 0.15) is 17.3 Å². The number of rotatable bonds is 6. The van der Waals surface area contributed by atoms with E-state index in [4.69, 9.17) is 15.2 Å². The van der Waals surface area contributed by atoms with Crippen LogP contribution in [0, 0.1) is 0 Å². The number of esters is 1. The zero-order chi connectivity index (χ0) is 21.7. The minimum absolute atomic E-state index is 0.203. The highest BCUT2D eigenvalue weighted by Crippen LogP contribution is 2.35. The first-order valence-electron chi connectivity index (χ1n) is 9.35. The van der Waals surface area contributed by atoms with E-state index in [1.807, 2.05) is 24.1 Å². The summed E-state index contributed by atoms with van der Waals surface area (Å²) in [6.45, 7) is 3.04. The number of pyridine rings is 1. The molecule has 10 heteroatoms. The van der Waals surface area contributed by atoms with E-state index < -0.39 is 6.09 Å². The molecule has 4 N–H and O–H groups in total. The van der Waals surface area contributed by atoms with E-state index in [-0.39, 0.29) is 18.4 Å². The summed E-state index contributed by atoms with van der Waals surface area (Å²) in [6, 6.07) is 8.79. The fourth-order valence-corrected chi connectivity index (χ4v) is 2.97. The number of hydrogen-bond acceptors (Lipinski definition) is 9. The lowest BCUT2D eigenvalue weighted by Gasteiger charge is -2.24. The highest BCUT2D eigenvalue weighted by Gasteiger charge is 2.18. The second-order valence-electron chi connectivity index (χ2n) is 6.56. The molecule has 0 spiro atoms. The number of nitrogens with one attached hydrogen (secondary N) is 2. The molecule has 1 amide bonds. The quantitative estimate of drug-likeness (QED) is 0.617. The normalized spacial score (nSPS) is 12.2. The van der Waals surface area contributed by atoms with Gasteiger partial charge in [0.25, 0.3) is 0 Å². The van der Waals surface area contributed by atoms with Crippen molar-refractivity contribution in [2.75, 3.05) is 55.1 Å². The summed E-state index contributed by atoms with van der Waals surface area (Å²) in [7, 11) is 3.28. The summed E-state index contributed by atoms with van der Waals surface area (Å²) in [4.78, 5) is 34.0. The molecule has 0 radical (unpaired) electrons. The Hall–Kier alpha value is -3.82. The minimum Gasteiger partial charge on any atom is -0.465 e. The van der Waals surface area contributed by atoms with Gasteiger partial charge in [-0.1, -0.05) is 0 Å². The van der Waals surface area contributed by atoms with Crippen molar-refractivity contribution in [3.8, 4) is 0 Å². The van der Waals surface area contributed by atoms with Crippen LogP contribution in [0.2, 0.25) is 0 Å². The first-order chi connectivity index (χ1) is 14.4. The topological polar surface area (TPSA) is 131 Å². The van der Waals surface area contributed by atoms with Crippen molar-refractivity contribution in [2.45, 2.75) is 6.92 Å². The minimum atomic E-state index is -0.593. The molecule has 0 bridgehead atoms. The number of carbonyl (C=O) groups excluding carboxylic acids is 2. The van der Waals surface area contributed by atoms with E-state index in [1.54, 1.807) is 25.1 Å². The van der Waals surface area contributed by atoms with Crippen LogP contribution in [-0.4, -0.2) is 56.6 Å². The van der Waals surface area contributed by atoms with Gasteiger partial charge in [-0.15, -0.1) is 0 Å². The summed E-state index contributed by atoms with van der Waals surface area (Å²) < 4.78 is 9.57. The molecule has 1 aromatic heterocycles. The second-order valence-corrected chi connectivity index (χ2v) is 6.56. The number of nitrogens with zero attached hydrogens (tertiary/aromatic N) is 3. The van der Waals surface area contributed by atoms with Crippen LogP contribution >= 0.6 is 0 Å².